The lowest BCUT2D eigenvalue weighted by Gasteiger charge is -2.13. The van der Waals surface area contributed by atoms with Crippen LogP contribution in [-0.4, -0.2) is 27.2 Å². The van der Waals surface area contributed by atoms with Crippen molar-refractivity contribution in [1.29, 1.82) is 0 Å². The number of para-hydroxylation sites is 1. The zero-order chi connectivity index (χ0) is 16.7. The smallest absolute Gasteiger partial charge is 0.228 e. The van der Waals surface area contributed by atoms with E-state index in [2.05, 4.69) is 5.32 Å². The molecule has 2 aromatic rings. The van der Waals surface area contributed by atoms with E-state index in [1.54, 1.807) is 39.5 Å². The zero-order valence-electron chi connectivity index (χ0n) is 13.6. The summed E-state index contributed by atoms with van der Waals surface area (Å²) in [6.07, 6.45) is 0.196. The van der Waals surface area contributed by atoms with Crippen LogP contribution >= 0.6 is 0 Å². The number of amides is 1. The van der Waals surface area contributed by atoms with Gasteiger partial charge in [0.2, 0.25) is 5.91 Å². The van der Waals surface area contributed by atoms with Crippen molar-refractivity contribution >= 4 is 11.6 Å². The number of rotatable bonds is 7. The molecule has 0 bridgehead atoms. The van der Waals surface area contributed by atoms with Crippen LogP contribution in [-0.2, 0) is 22.6 Å². The number of carbonyl (C=O) groups excluding carboxylic acids is 1. The van der Waals surface area contributed by atoms with E-state index in [0.717, 1.165) is 16.8 Å². The summed E-state index contributed by atoms with van der Waals surface area (Å²) in [4.78, 5) is 12.4. The summed E-state index contributed by atoms with van der Waals surface area (Å²) >= 11 is 0. The molecule has 0 unspecified atom stereocenters. The normalized spacial score (nSPS) is 10.2. The molecule has 0 radical (unpaired) electrons. The highest BCUT2D eigenvalue weighted by Crippen LogP contribution is 2.25. The second kappa shape index (κ2) is 8.19. The lowest BCUT2D eigenvalue weighted by molar-refractivity contribution is -0.115. The first-order valence-electron chi connectivity index (χ1n) is 7.25. The van der Waals surface area contributed by atoms with Gasteiger partial charge in [-0.05, 0) is 24.3 Å². The van der Waals surface area contributed by atoms with Crippen LogP contribution in [0.25, 0.3) is 0 Å². The average molecular weight is 315 g/mol. The van der Waals surface area contributed by atoms with Gasteiger partial charge >= 0.3 is 0 Å². The van der Waals surface area contributed by atoms with Crippen LogP contribution in [0.3, 0.4) is 0 Å². The molecule has 2 rings (SSSR count). The van der Waals surface area contributed by atoms with Gasteiger partial charge in [-0.15, -0.1) is 0 Å². The molecule has 23 heavy (non-hydrogen) atoms. The number of nitrogens with one attached hydrogen (secondary N) is 1. The van der Waals surface area contributed by atoms with Crippen LogP contribution in [0.4, 0.5) is 5.69 Å². The van der Waals surface area contributed by atoms with Crippen molar-refractivity contribution in [3.63, 3.8) is 0 Å². The van der Waals surface area contributed by atoms with Crippen LogP contribution in [0.5, 0.6) is 11.5 Å². The molecule has 0 saturated heterocycles. The number of carbonyl (C=O) groups is 1. The third-order valence-electron chi connectivity index (χ3n) is 3.43. The molecular formula is C18H21NO4. The number of hydrogen-bond donors (Lipinski definition) is 1. The molecule has 5 heteroatoms. The first-order valence-corrected chi connectivity index (χ1v) is 7.25. The maximum atomic E-state index is 12.4. The Morgan fingerprint density at radius 2 is 1.78 bits per heavy atom. The number of ether oxygens (including phenoxy) is 3. The van der Waals surface area contributed by atoms with Crippen molar-refractivity contribution in [3.8, 4) is 11.5 Å². The van der Waals surface area contributed by atoms with Gasteiger partial charge in [0, 0.05) is 23.9 Å². The molecule has 0 spiro atoms. The van der Waals surface area contributed by atoms with Crippen molar-refractivity contribution < 1.29 is 19.0 Å². The minimum absolute atomic E-state index is 0.125. The van der Waals surface area contributed by atoms with Gasteiger partial charge in [-0.2, -0.15) is 0 Å². The van der Waals surface area contributed by atoms with E-state index >= 15 is 0 Å². The molecule has 0 aliphatic heterocycles. The number of methoxy groups -OCH3 is 3. The van der Waals surface area contributed by atoms with Gasteiger partial charge in [-0.1, -0.05) is 18.2 Å². The maximum Gasteiger partial charge on any atom is 0.228 e. The lowest BCUT2D eigenvalue weighted by atomic mass is 10.1. The Balaban J connectivity index is 2.14. The number of anilines is 1. The fraction of sp³-hybridized carbons (Fsp3) is 0.278. The quantitative estimate of drug-likeness (QED) is 0.853. The summed E-state index contributed by atoms with van der Waals surface area (Å²) in [5.74, 6) is 1.22. The van der Waals surface area contributed by atoms with Gasteiger partial charge in [-0.3, -0.25) is 4.79 Å². The van der Waals surface area contributed by atoms with E-state index in [0.29, 0.717) is 18.1 Å². The topological polar surface area (TPSA) is 56.8 Å². The molecular weight excluding hydrogens is 294 g/mol. The van der Waals surface area contributed by atoms with Crippen LogP contribution in [0.1, 0.15) is 11.1 Å². The summed E-state index contributed by atoms with van der Waals surface area (Å²) in [5.41, 5.74) is 2.45. The third kappa shape index (κ3) is 4.47. The second-order valence-electron chi connectivity index (χ2n) is 4.99. The van der Waals surface area contributed by atoms with Crippen LogP contribution < -0.4 is 14.8 Å². The fourth-order valence-electron chi connectivity index (χ4n) is 2.31. The molecule has 0 aromatic heterocycles. The predicted octanol–water partition coefficient (Wildman–Crippen LogP) is 3.03. The lowest BCUT2D eigenvalue weighted by Crippen LogP contribution is -2.16. The maximum absolute atomic E-state index is 12.4. The molecule has 0 fully saturated rings. The summed E-state index contributed by atoms with van der Waals surface area (Å²) in [6.45, 7) is 0.443. The summed E-state index contributed by atoms with van der Waals surface area (Å²) < 4.78 is 15.7. The Bertz CT molecular complexity index is 670. The summed E-state index contributed by atoms with van der Waals surface area (Å²) in [6, 6.07) is 13.0. The van der Waals surface area contributed by atoms with Crippen LogP contribution in [0.15, 0.2) is 42.5 Å². The van der Waals surface area contributed by atoms with Gasteiger partial charge in [0.15, 0.2) is 0 Å². The molecule has 0 aliphatic carbocycles. The first kappa shape index (κ1) is 16.8. The molecule has 122 valence electrons. The molecule has 0 aliphatic rings. The Kier molecular flexibility index (Phi) is 6.00. The van der Waals surface area contributed by atoms with Crippen molar-refractivity contribution in [1.82, 2.24) is 0 Å². The van der Waals surface area contributed by atoms with Crippen molar-refractivity contribution in [2.24, 2.45) is 0 Å². The fourth-order valence-corrected chi connectivity index (χ4v) is 2.31. The van der Waals surface area contributed by atoms with E-state index < -0.39 is 0 Å². The van der Waals surface area contributed by atoms with E-state index in [1.165, 1.54) is 0 Å². The average Bonchev–Trinajstić information content (AvgIpc) is 2.56. The van der Waals surface area contributed by atoms with Crippen molar-refractivity contribution in [2.45, 2.75) is 13.0 Å². The summed E-state index contributed by atoms with van der Waals surface area (Å²) in [7, 11) is 4.80. The van der Waals surface area contributed by atoms with Gasteiger partial charge in [0.25, 0.3) is 0 Å². The Hall–Kier alpha value is -2.53. The van der Waals surface area contributed by atoms with Gasteiger partial charge in [0.1, 0.15) is 11.5 Å². The highest BCUT2D eigenvalue weighted by Gasteiger charge is 2.12. The van der Waals surface area contributed by atoms with Crippen molar-refractivity contribution in [2.75, 3.05) is 26.6 Å². The first-order chi connectivity index (χ1) is 11.2. The highest BCUT2D eigenvalue weighted by atomic mass is 16.5. The van der Waals surface area contributed by atoms with Gasteiger partial charge in [-0.25, -0.2) is 0 Å². The Morgan fingerprint density at radius 1 is 1.00 bits per heavy atom. The monoisotopic (exact) mass is 315 g/mol. The minimum Gasteiger partial charge on any atom is -0.497 e. The molecule has 5 nitrogen and oxygen atoms in total. The van der Waals surface area contributed by atoms with E-state index in [9.17, 15) is 4.79 Å². The van der Waals surface area contributed by atoms with Crippen LogP contribution in [0.2, 0.25) is 0 Å². The number of benzene rings is 2. The Morgan fingerprint density at radius 3 is 2.48 bits per heavy atom. The van der Waals surface area contributed by atoms with Crippen LogP contribution in [0, 0.1) is 0 Å². The summed E-state index contributed by atoms with van der Waals surface area (Å²) in [5, 5.41) is 2.92. The second-order valence-corrected chi connectivity index (χ2v) is 4.99. The molecule has 1 N–H and O–H groups in total. The molecule has 0 saturated carbocycles. The largest absolute Gasteiger partial charge is 0.497 e. The molecule has 2 aromatic carbocycles. The van der Waals surface area contributed by atoms with Gasteiger partial charge in [0.05, 0.1) is 27.2 Å². The molecule has 0 heterocycles. The van der Waals surface area contributed by atoms with Crippen molar-refractivity contribution in [3.05, 3.63) is 53.6 Å². The molecule has 0 atom stereocenters. The van der Waals surface area contributed by atoms with E-state index in [4.69, 9.17) is 14.2 Å². The third-order valence-corrected chi connectivity index (χ3v) is 3.43. The van der Waals surface area contributed by atoms with Gasteiger partial charge < -0.3 is 19.5 Å². The predicted molar refractivity (Wildman–Crippen MR) is 89.0 cm³/mol. The van der Waals surface area contributed by atoms with E-state index in [1.807, 2.05) is 24.3 Å². The molecule has 1 amide bonds. The number of hydrogen-bond acceptors (Lipinski definition) is 4. The highest BCUT2D eigenvalue weighted by molar-refractivity contribution is 5.93. The minimum atomic E-state index is -0.125. The Labute approximate surface area is 136 Å². The van der Waals surface area contributed by atoms with E-state index in [-0.39, 0.29) is 12.3 Å². The standard InChI is InChI=1S/C18H21NO4/c1-21-12-13-6-4-5-7-16(13)19-18(20)11-14-10-15(22-2)8-9-17(14)23-3/h4-10H,11-12H2,1-3H3,(H,19,20). The zero-order valence-corrected chi connectivity index (χ0v) is 13.6. The SMILES string of the molecule is COCc1ccccc1NC(=O)Cc1cc(OC)ccc1OC.